The van der Waals surface area contributed by atoms with E-state index in [1.165, 1.54) is 4.68 Å². The van der Waals surface area contributed by atoms with Crippen LogP contribution in [0.15, 0.2) is 47.5 Å². The number of amides is 2. The molecule has 2 aromatic carbocycles. The summed E-state index contributed by atoms with van der Waals surface area (Å²) in [5, 5.41) is 11.1. The lowest BCUT2D eigenvalue weighted by Crippen LogP contribution is -2.50. The van der Waals surface area contributed by atoms with Gasteiger partial charge in [0.2, 0.25) is 11.7 Å². The van der Waals surface area contributed by atoms with Gasteiger partial charge in [0, 0.05) is 22.6 Å². The number of carbonyl (C=O) groups excluding carboxylic acids is 2. The van der Waals surface area contributed by atoms with Gasteiger partial charge in [0.1, 0.15) is 17.6 Å². The Kier molecular flexibility index (Phi) is 12.0. The highest BCUT2D eigenvalue weighted by Gasteiger charge is 2.26. The number of nitrogens with zero attached hydrogens (tertiary/aromatic N) is 4. The van der Waals surface area contributed by atoms with Gasteiger partial charge < -0.3 is 26.8 Å². The molecule has 0 radical (unpaired) electrons. The molecule has 0 aliphatic heterocycles. The zero-order valence-corrected chi connectivity index (χ0v) is 25.7. The number of ether oxygens (including phenoxy) is 1. The number of benzene rings is 2. The smallest absolute Gasteiger partial charge is 0.291 e. The van der Waals surface area contributed by atoms with Crippen molar-refractivity contribution < 1.29 is 14.3 Å². The minimum atomic E-state index is -0.882. The summed E-state index contributed by atoms with van der Waals surface area (Å²) < 4.78 is 6.98. The molecule has 6 N–H and O–H groups in total. The third-order valence-corrected chi connectivity index (χ3v) is 6.83. The van der Waals surface area contributed by atoms with Gasteiger partial charge in [-0.25, -0.2) is 9.67 Å². The van der Waals surface area contributed by atoms with Crippen molar-refractivity contribution in [3.63, 3.8) is 0 Å². The number of para-hydroxylation sites is 1. The predicted molar refractivity (Wildman–Crippen MR) is 165 cm³/mol. The quantitative estimate of drug-likeness (QED) is 0.121. The van der Waals surface area contributed by atoms with Crippen LogP contribution in [-0.2, 0) is 11.2 Å². The van der Waals surface area contributed by atoms with Gasteiger partial charge >= 0.3 is 0 Å². The zero-order valence-electron chi connectivity index (χ0n) is 24.2. The first-order valence-electron chi connectivity index (χ1n) is 13.7. The highest BCUT2D eigenvalue weighted by Crippen LogP contribution is 2.23. The van der Waals surface area contributed by atoms with Crippen LogP contribution in [0.2, 0.25) is 10.0 Å². The van der Waals surface area contributed by atoms with E-state index in [9.17, 15) is 9.59 Å². The Hall–Kier alpha value is -3.83. The summed E-state index contributed by atoms with van der Waals surface area (Å²) in [6.07, 6.45) is 2.04. The van der Waals surface area contributed by atoms with Crippen LogP contribution in [0.4, 0.5) is 0 Å². The lowest BCUT2D eigenvalue weighted by atomic mass is 9.96. The molecule has 42 heavy (non-hydrogen) atoms. The lowest BCUT2D eigenvalue weighted by molar-refractivity contribution is -0.124. The van der Waals surface area contributed by atoms with Crippen molar-refractivity contribution in [3.8, 4) is 11.4 Å². The van der Waals surface area contributed by atoms with Gasteiger partial charge in [-0.15, -0.1) is 5.10 Å². The van der Waals surface area contributed by atoms with Gasteiger partial charge in [-0.2, -0.15) is 0 Å². The van der Waals surface area contributed by atoms with Crippen LogP contribution in [0.1, 0.15) is 55.1 Å². The second-order valence-corrected chi connectivity index (χ2v) is 11.2. The molecule has 0 bridgehead atoms. The molecule has 0 saturated carbocycles. The van der Waals surface area contributed by atoms with E-state index in [1.54, 1.807) is 32.2 Å². The van der Waals surface area contributed by atoms with Crippen molar-refractivity contribution in [2.24, 2.45) is 22.4 Å². The van der Waals surface area contributed by atoms with E-state index in [2.05, 4.69) is 39.6 Å². The third kappa shape index (κ3) is 9.63. The van der Waals surface area contributed by atoms with Crippen LogP contribution >= 0.6 is 23.2 Å². The molecule has 0 aliphatic carbocycles. The number of methoxy groups -OCH3 is 1. The molecule has 2 atom stereocenters. The number of hydrogen-bond donors (Lipinski definition) is 4. The van der Waals surface area contributed by atoms with Gasteiger partial charge in [-0.05, 0) is 68.4 Å². The highest BCUT2D eigenvalue weighted by molar-refractivity contribution is 6.34. The summed E-state index contributed by atoms with van der Waals surface area (Å²) in [5.41, 5.74) is 12.4. The SMILES string of the molecule is COc1ccccc1CC(CC(C)C)NC(=O)C(CCCN=C(N)N)NC(=O)c1nc(C)n(-c2cc(Cl)cc(Cl)c2)n1. The lowest BCUT2D eigenvalue weighted by Gasteiger charge is -2.25. The number of hydrogen-bond acceptors (Lipinski definition) is 6. The molecule has 0 saturated heterocycles. The highest BCUT2D eigenvalue weighted by atomic mass is 35.5. The summed E-state index contributed by atoms with van der Waals surface area (Å²) in [4.78, 5) is 35.2. The molecule has 226 valence electrons. The van der Waals surface area contributed by atoms with Crippen molar-refractivity contribution in [1.82, 2.24) is 25.4 Å². The van der Waals surface area contributed by atoms with E-state index >= 15 is 0 Å². The van der Waals surface area contributed by atoms with E-state index < -0.39 is 11.9 Å². The van der Waals surface area contributed by atoms with Gasteiger partial charge in [-0.1, -0.05) is 55.2 Å². The Balaban J connectivity index is 1.81. The molecule has 1 heterocycles. The fraction of sp³-hybridized carbons (Fsp3) is 0.414. The zero-order chi connectivity index (χ0) is 30.8. The van der Waals surface area contributed by atoms with E-state index in [1.807, 2.05) is 24.3 Å². The van der Waals surface area contributed by atoms with Crippen molar-refractivity contribution in [2.75, 3.05) is 13.7 Å². The number of guanidine groups is 1. The van der Waals surface area contributed by atoms with Crippen molar-refractivity contribution >= 4 is 41.0 Å². The van der Waals surface area contributed by atoms with E-state index in [0.29, 0.717) is 53.3 Å². The van der Waals surface area contributed by atoms with Crippen LogP contribution < -0.4 is 26.8 Å². The number of aliphatic imine (C=N–C) groups is 1. The topological polar surface area (TPSA) is 163 Å². The van der Waals surface area contributed by atoms with Gasteiger partial charge in [0.05, 0.1) is 12.8 Å². The number of nitrogens with two attached hydrogens (primary N) is 2. The van der Waals surface area contributed by atoms with Crippen molar-refractivity contribution in [2.45, 2.75) is 58.5 Å². The van der Waals surface area contributed by atoms with Crippen LogP contribution in [0.3, 0.4) is 0 Å². The average Bonchev–Trinajstić information content (AvgIpc) is 3.31. The Morgan fingerprint density at radius 3 is 2.43 bits per heavy atom. The largest absolute Gasteiger partial charge is 0.496 e. The summed E-state index contributed by atoms with van der Waals surface area (Å²) in [6, 6.07) is 11.5. The van der Waals surface area contributed by atoms with E-state index in [4.69, 9.17) is 39.4 Å². The molecule has 2 amide bonds. The summed E-state index contributed by atoms with van der Waals surface area (Å²) >= 11 is 12.3. The molecule has 1 aromatic heterocycles. The Labute approximate surface area is 256 Å². The fourth-order valence-electron chi connectivity index (χ4n) is 4.59. The third-order valence-electron chi connectivity index (χ3n) is 6.39. The molecule has 3 rings (SSSR count). The van der Waals surface area contributed by atoms with Crippen LogP contribution in [-0.4, -0.2) is 58.3 Å². The Morgan fingerprint density at radius 2 is 1.79 bits per heavy atom. The monoisotopic (exact) mass is 616 g/mol. The number of aryl methyl sites for hydroxylation is 1. The second-order valence-electron chi connectivity index (χ2n) is 10.3. The maximum Gasteiger partial charge on any atom is 0.291 e. The minimum absolute atomic E-state index is 0.0415. The number of halogens is 2. The standard InChI is InChI=1S/C29H38Cl2N8O3/c1-17(2)12-22(13-19-8-5-6-10-25(19)42-4)36-27(40)24(9-7-11-34-29(32)33)37-28(41)26-35-18(3)39(38-26)23-15-20(30)14-21(31)16-23/h5-6,8,10,14-17,22,24H,7,9,11-13H2,1-4H3,(H,36,40)(H,37,41)(H4,32,33,34). The van der Waals surface area contributed by atoms with Gasteiger partial charge in [0.15, 0.2) is 5.96 Å². The van der Waals surface area contributed by atoms with E-state index in [-0.39, 0.29) is 23.7 Å². The minimum Gasteiger partial charge on any atom is -0.496 e. The maximum absolute atomic E-state index is 13.6. The summed E-state index contributed by atoms with van der Waals surface area (Å²) in [7, 11) is 1.62. The second kappa shape index (κ2) is 15.4. The Bertz CT molecular complexity index is 1390. The van der Waals surface area contributed by atoms with Crippen molar-refractivity contribution in [1.29, 1.82) is 0 Å². The molecule has 13 heteroatoms. The maximum atomic E-state index is 13.6. The average molecular weight is 618 g/mol. The van der Waals surface area contributed by atoms with Crippen LogP contribution in [0.5, 0.6) is 5.75 Å². The molecule has 0 aliphatic rings. The number of carbonyl (C=O) groups is 2. The fourth-order valence-corrected chi connectivity index (χ4v) is 5.10. The summed E-state index contributed by atoms with van der Waals surface area (Å²) in [6.45, 7) is 6.19. The van der Waals surface area contributed by atoms with E-state index in [0.717, 1.165) is 17.7 Å². The first-order chi connectivity index (χ1) is 20.0. The normalized spacial score (nSPS) is 12.5. The van der Waals surface area contributed by atoms with Crippen LogP contribution in [0, 0.1) is 12.8 Å². The van der Waals surface area contributed by atoms with Gasteiger partial charge in [0.25, 0.3) is 5.91 Å². The van der Waals surface area contributed by atoms with Gasteiger partial charge in [-0.3, -0.25) is 14.6 Å². The van der Waals surface area contributed by atoms with Crippen molar-refractivity contribution in [3.05, 3.63) is 69.7 Å². The predicted octanol–water partition coefficient (Wildman–Crippen LogP) is 3.82. The molecule has 11 nitrogen and oxygen atoms in total. The molecule has 0 fully saturated rings. The number of rotatable bonds is 14. The first-order valence-corrected chi connectivity index (χ1v) is 14.4. The number of nitrogens with one attached hydrogen (secondary N) is 2. The molecular formula is C29H38Cl2N8O3. The number of aromatic nitrogens is 3. The molecule has 2 unspecified atom stereocenters. The molecule has 0 spiro atoms. The molecule has 3 aromatic rings. The summed E-state index contributed by atoms with van der Waals surface area (Å²) in [5.74, 6) is 0.444. The first kappa shape index (κ1) is 32.7. The molecular weight excluding hydrogens is 579 g/mol. The Morgan fingerprint density at radius 1 is 1.10 bits per heavy atom. The van der Waals surface area contributed by atoms with Crippen LogP contribution in [0.25, 0.3) is 5.69 Å².